The minimum atomic E-state index is -0.142. The molecule has 0 aliphatic carbocycles. The summed E-state index contributed by atoms with van der Waals surface area (Å²) in [6.07, 6.45) is 3.41. The molecule has 0 bridgehead atoms. The molecule has 1 fully saturated rings. The lowest BCUT2D eigenvalue weighted by Gasteiger charge is -2.43. The van der Waals surface area contributed by atoms with Gasteiger partial charge < -0.3 is 15.2 Å². The van der Waals surface area contributed by atoms with E-state index >= 15 is 0 Å². The molecular formula is C24H28ClN5O. The molecule has 0 radical (unpaired) electrons. The van der Waals surface area contributed by atoms with Crippen LogP contribution in [0.3, 0.4) is 0 Å². The van der Waals surface area contributed by atoms with E-state index in [2.05, 4.69) is 52.0 Å². The maximum absolute atomic E-state index is 13.0. The fraction of sp³-hybridized carbons (Fsp3) is 0.333. The van der Waals surface area contributed by atoms with Crippen LogP contribution in [0, 0.1) is 6.92 Å². The smallest absolute Gasteiger partial charge is 0.255 e. The highest BCUT2D eigenvalue weighted by Gasteiger charge is 2.27. The molecule has 31 heavy (non-hydrogen) atoms. The van der Waals surface area contributed by atoms with E-state index in [0.717, 1.165) is 29.9 Å². The van der Waals surface area contributed by atoms with Crippen LogP contribution >= 0.6 is 11.6 Å². The number of amides is 1. The third kappa shape index (κ3) is 4.45. The molecule has 1 amide bonds. The molecule has 1 aromatic heterocycles. The number of aromatic nitrogens is 2. The van der Waals surface area contributed by atoms with Crippen LogP contribution in [0.15, 0.2) is 48.8 Å². The van der Waals surface area contributed by atoms with Gasteiger partial charge in [-0.1, -0.05) is 11.6 Å². The van der Waals surface area contributed by atoms with Crippen molar-refractivity contribution in [1.82, 2.24) is 14.9 Å². The van der Waals surface area contributed by atoms with Crippen LogP contribution in [0.25, 0.3) is 11.4 Å². The van der Waals surface area contributed by atoms with Crippen LogP contribution in [0.1, 0.15) is 29.8 Å². The number of nitrogens with zero attached hydrogens (tertiary/aromatic N) is 3. The van der Waals surface area contributed by atoms with Gasteiger partial charge in [-0.15, -0.1) is 0 Å². The number of carbonyl (C=O) groups excluding carboxylic acids is 1. The Labute approximate surface area is 188 Å². The number of likely N-dealkylation sites (N-methyl/N-ethyl adjacent to an activating group) is 1. The van der Waals surface area contributed by atoms with Gasteiger partial charge >= 0.3 is 0 Å². The van der Waals surface area contributed by atoms with Crippen LogP contribution in [0.4, 0.5) is 11.4 Å². The minimum Gasteiger partial charge on any atom is -0.368 e. The Hall–Kier alpha value is -2.83. The fourth-order valence-corrected chi connectivity index (χ4v) is 4.32. The second-order valence-corrected chi connectivity index (χ2v) is 8.76. The summed E-state index contributed by atoms with van der Waals surface area (Å²) in [4.78, 5) is 25.1. The largest absolute Gasteiger partial charge is 0.368 e. The van der Waals surface area contributed by atoms with Crippen LogP contribution in [0.2, 0.25) is 5.02 Å². The Morgan fingerprint density at radius 1 is 1.16 bits per heavy atom. The SMILES string of the molecule is Cc1cc(N2C[C@@H](C)N(C)[C@@H](C)C2)ccc1C(=O)Nc1ccc(Cl)c(-c2ncc[nH]2)c1. The highest BCUT2D eigenvalue weighted by Crippen LogP contribution is 2.29. The second-order valence-electron chi connectivity index (χ2n) is 8.35. The van der Waals surface area contributed by atoms with Crippen LogP contribution in [-0.2, 0) is 0 Å². The number of nitrogens with one attached hydrogen (secondary N) is 2. The van der Waals surface area contributed by atoms with Crippen molar-refractivity contribution in [2.75, 3.05) is 30.4 Å². The van der Waals surface area contributed by atoms with Gasteiger partial charge in [0.15, 0.2) is 0 Å². The first kappa shape index (κ1) is 21.4. The number of H-pyrrole nitrogens is 1. The number of carbonyl (C=O) groups is 1. The minimum absolute atomic E-state index is 0.142. The van der Waals surface area contributed by atoms with Gasteiger partial charge in [0.2, 0.25) is 0 Å². The van der Waals surface area contributed by atoms with Gasteiger partial charge in [0, 0.05) is 60.1 Å². The summed E-state index contributed by atoms with van der Waals surface area (Å²) in [6, 6.07) is 12.4. The van der Waals surface area contributed by atoms with Gasteiger partial charge in [0.25, 0.3) is 5.91 Å². The molecule has 162 valence electrons. The van der Waals surface area contributed by atoms with Gasteiger partial charge in [-0.3, -0.25) is 9.69 Å². The maximum Gasteiger partial charge on any atom is 0.255 e. The topological polar surface area (TPSA) is 64.3 Å². The first-order chi connectivity index (χ1) is 14.8. The quantitative estimate of drug-likeness (QED) is 0.614. The molecule has 2 N–H and O–H groups in total. The lowest BCUT2D eigenvalue weighted by atomic mass is 10.0. The van der Waals surface area contributed by atoms with E-state index in [-0.39, 0.29) is 5.91 Å². The zero-order valence-corrected chi connectivity index (χ0v) is 19.1. The van der Waals surface area contributed by atoms with E-state index in [9.17, 15) is 4.79 Å². The van der Waals surface area contributed by atoms with Crippen molar-refractivity contribution < 1.29 is 4.79 Å². The number of hydrogen-bond acceptors (Lipinski definition) is 4. The van der Waals surface area contributed by atoms with Crippen LogP contribution in [0.5, 0.6) is 0 Å². The average molecular weight is 438 g/mol. The van der Waals surface area contributed by atoms with Gasteiger partial charge in [0.1, 0.15) is 5.82 Å². The molecule has 0 saturated carbocycles. The predicted octanol–water partition coefficient (Wildman–Crippen LogP) is 4.82. The number of imidazole rings is 1. The fourth-order valence-electron chi connectivity index (χ4n) is 4.11. The lowest BCUT2D eigenvalue weighted by Crippen LogP contribution is -2.55. The number of hydrogen-bond donors (Lipinski definition) is 2. The molecule has 2 heterocycles. The van der Waals surface area contributed by atoms with Gasteiger partial charge in [0.05, 0.1) is 5.02 Å². The number of benzene rings is 2. The standard InChI is InChI=1S/C24H28ClN5O/c1-15-11-19(30-13-16(2)29(4)17(3)14-30)6-7-20(15)24(31)28-18-5-8-22(25)21(12-18)23-26-9-10-27-23/h5-12,16-17H,13-14H2,1-4H3,(H,26,27)(H,28,31)/t16-,17+. The molecule has 1 aliphatic heterocycles. The highest BCUT2D eigenvalue weighted by atomic mass is 35.5. The van der Waals surface area contributed by atoms with Crippen molar-refractivity contribution in [3.63, 3.8) is 0 Å². The van der Waals surface area contributed by atoms with Gasteiger partial charge in [-0.05, 0) is 69.8 Å². The molecule has 7 heteroatoms. The summed E-state index contributed by atoms with van der Waals surface area (Å²) in [5, 5.41) is 3.56. The van der Waals surface area contributed by atoms with Crippen molar-refractivity contribution in [2.45, 2.75) is 32.9 Å². The predicted molar refractivity (Wildman–Crippen MR) is 127 cm³/mol. The molecule has 6 nitrogen and oxygen atoms in total. The molecular weight excluding hydrogens is 410 g/mol. The molecule has 1 saturated heterocycles. The monoisotopic (exact) mass is 437 g/mol. The molecule has 0 unspecified atom stereocenters. The number of rotatable bonds is 4. The van der Waals surface area contributed by atoms with Crippen molar-refractivity contribution >= 4 is 28.9 Å². The number of aromatic amines is 1. The van der Waals surface area contributed by atoms with Crippen molar-refractivity contribution in [2.24, 2.45) is 0 Å². The second kappa shape index (κ2) is 8.73. The summed E-state index contributed by atoms with van der Waals surface area (Å²) < 4.78 is 0. The van der Waals surface area contributed by atoms with Crippen LogP contribution in [-0.4, -0.2) is 53.0 Å². The molecule has 3 aromatic rings. The Morgan fingerprint density at radius 2 is 1.90 bits per heavy atom. The number of piperazine rings is 1. The normalized spacial score (nSPS) is 19.5. The van der Waals surface area contributed by atoms with Crippen molar-refractivity contribution in [3.05, 3.63) is 64.9 Å². The zero-order chi connectivity index (χ0) is 22.1. The number of anilines is 2. The summed E-state index contributed by atoms with van der Waals surface area (Å²) in [6.45, 7) is 8.44. The Morgan fingerprint density at radius 3 is 2.55 bits per heavy atom. The van der Waals surface area contributed by atoms with Crippen molar-refractivity contribution in [1.29, 1.82) is 0 Å². The summed E-state index contributed by atoms with van der Waals surface area (Å²) in [7, 11) is 2.18. The zero-order valence-electron chi connectivity index (χ0n) is 18.3. The molecule has 0 spiro atoms. The van der Waals surface area contributed by atoms with Gasteiger partial charge in [-0.2, -0.15) is 0 Å². The van der Waals surface area contributed by atoms with E-state index in [0.29, 0.717) is 34.2 Å². The molecule has 2 aromatic carbocycles. The lowest BCUT2D eigenvalue weighted by molar-refractivity contribution is 0.102. The van der Waals surface area contributed by atoms with E-state index < -0.39 is 0 Å². The first-order valence-electron chi connectivity index (χ1n) is 10.5. The molecule has 4 rings (SSSR count). The molecule has 2 atom stereocenters. The Balaban J connectivity index is 1.52. The first-order valence-corrected chi connectivity index (χ1v) is 10.9. The summed E-state index contributed by atoms with van der Waals surface area (Å²) in [5.41, 5.74) is 4.19. The van der Waals surface area contributed by atoms with Crippen LogP contribution < -0.4 is 10.2 Å². The Bertz CT molecular complexity index is 1070. The van der Waals surface area contributed by atoms with E-state index in [4.69, 9.17) is 11.6 Å². The van der Waals surface area contributed by atoms with E-state index in [1.165, 1.54) is 0 Å². The third-order valence-electron chi connectivity index (χ3n) is 6.16. The summed E-state index contributed by atoms with van der Waals surface area (Å²) in [5.74, 6) is 0.522. The Kier molecular flexibility index (Phi) is 6.03. The molecule has 1 aliphatic rings. The maximum atomic E-state index is 13.0. The average Bonchev–Trinajstić information content (AvgIpc) is 3.27. The van der Waals surface area contributed by atoms with E-state index in [1.807, 2.05) is 25.1 Å². The summed E-state index contributed by atoms with van der Waals surface area (Å²) >= 11 is 6.31. The highest BCUT2D eigenvalue weighted by molar-refractivity contribution is 6.33. The van der Waals surface area contributed by atoms with E-state index in [1.54, 1.807) is 24.5 Å². The third-order valence-corrected chi connectivity index (χ3v) is 6.49. The number of halogens is 1. The van der Waals surface area contributed by atoms with Gasteiger partial charge in [-0.25, -0.2) is 4.98 Å². The number of aryl methyl sites for hydroxylation is 1. The van der Waals surface area contributed by atoms with Crippen molar-refractivity contribution in [3.8, 4) is 11.4 Å².